The molecule has 15 heteroatoms. The van der Waals surface area contributed by atoms with Gasteiger partial charge >= 0.3 is 17.9 Å². The fourth-order valence-corrected chi connectivity index (χ4v) is 5.61. The number of ether oxygens (including phenoxy) is 4. The zero-order chi connectivity index (χ0) is 44.6. The number of aromatic carboxylic acids is 1. The van der Waals surface area contributed by atoms with Crippen molar-refractivity contribution in [1.29, 1.82) is 0 Å². The Morgan fingerprint density at radius 2 is 1.03 bits per heavy atom. The lowest BCUT2D eigenvalue weighted by atomic mass is 10.1. The van der Waals surface area contributed by atoms with Crippen molar-refractivity contribution in [2.75, 3.05) is 14.2 Å². The Hall–Kier alpha value is -6.80. The van der Waals surface area contributed by atoms with E-state index in [1.807, 2.05) is 26.0 Å². The number of carbonyl (C=O) groups excluding carboxylic acids is 3. The molecule has 6 rings (SSSR count). The van der Waals surface area contributed by atoms with Crippen LogP contribution in [0.1, 0.15) is 78.5 Å². The molecule has 0 aliphatic rings. The smallest absolute Gasteiger partial charge is 0.339 e. The third-order valence-electron chi connectivity index (χ3n) is 8.44. The van der Waals surface area contributed by atoms with E-state index in [-0.39, 0.29) is 52.2 Å². The highest BCUT2D eigenvalue weighted by molar-refractivity contribution is 6.31. The van der Waals surface area contributed by atoms with Crippen LogP contribution in [0.3, 0.4) is 0 Å². The lowest BCUT2D eigenvalue weighted by Crippen LogP contribution is -2.27. The van der Waals surface area contributed by atoms with Crippen LogP contribution in [0.4, 0.5) is 8.78 Å². The maximum absolute atomic E-state index is 13.4. The summed E-state index contributed by atoms with van der Waals surface area (Å²) >= 11 is 11.8. The Bertz CT molecular complexity index is 2470. The van der Waals surface area contributed by atoms with Crippen LogP contribution in [0.25, 0.3) is 0 Å². The van der Waals surface area contributed by atoms with Crippen molar-refractivity contribution < 1.29 is 52.0 Å². The molecule has 0 saturated carbocycles. The monoisotopic (exact) mass is 872 g/mol. The van der Waals surface area contributed by atoms with E-state index in [2.05, 4.69) is 14.8 Å². The Balaban J connectivity index is 0.000000223. The number of carbonyl (C=O) groups is 4. The lowest BCUT2D eigenvalue weighted by molar-refractivity contribution is 0.0592. The first-order valence-electron chi connectivity index (χ1n) is 18.2. The van der Waals surface area contributed by atoms with E-state index in [9.17, 15) is 28.0 Å². The van der Waals surface area contributed by atoms with E-state index in [1.165, 1.54) is 80.9 Å². The van der Waals surface area contributed by atoms with Crippen LogP contribution in [0.2, 0.25) is 10.0 Å². The van der Waals surface area contributed by atoms with E-state index >= 15 is 0 Å². The van der Waals surface area contributed by atoms with E-state index in [0.717, 1.165) is 11.1 Å². The summed E-state index contributed by atoms with van der Waals surface area (Å²) in [5, 5.41) is 12.5. The summed E-state index contributed by atoms with van der Waals surface area (Å²) in [5.74, 6) is -2.40. The molecule has 1 amide bonds. The van der Waals surface area contributed by atoms with Crippen LogP contribution in [0.5, 0.6) is 23.0 Å². The van der Waals surface area contributed by atoms with Crippen molar-refractivity contribution in [3.8, 4) is 23.0 Å². The van der Waals surface area contributed by atoms with Gasteiger partial charge in [0.15, 0.2) is 0 Å². The number of amides is 1. The second-order valence-electron chi connectivity index (χ2n) is 12.9. The lowest BCUT2D eigenvalue weighted by Gasteiger charge is -2.17. The quantitative estimate of drug-likeness (QED) is 0.107. The van der Waals surface area contributed by atoms with Gasteiger partial charge in [0.05, 0.1) is 37.0 Å². The summed E-state index contributed by atoms with van der Waals surface area (Å²) in [7, 11) is 2.68. The number of methoxy groups -OCH3 is 2. The number of esters is 2. The molecule has 0 fully saturated rings. The largest absolute Gasteiger partial charge is 0.478 e. The van der Waals surface area contributed by atoms with E-state index in [4.69, 9.17) is 43.5 Å². The molecule has 0 bridgehead atoms. The van der Waals surface area contributed by atoms with Crippen molar-refractivity contribution in [2.45, 2.75) is 25.9 Å². The van der Waals surface area contributed by atoms with Gasteiger partial charge in [-0.25, -0.2) is 23.2 Å². The molecular weight excluding hydrogens is 833 g/mol. The molecule has 0 aliphatic carbocycles. The van der Waals surface area contributed by atoms with Crippen LogP contribution in [-0.4, -0.2) is 43.1 Å². The highest BCUT2D eigenvalue weighted by Gasteiger charge is 2.18. The minimum Gasteiger partial charge on any atom is -0.478 e. The van der Waals surface area contributed by atoms with Crippen LogP contribution >= 0.6 is 23.2 Å². The van der Waals surface area contributed by atoms with Gasteiger partial charge in [-0.1, -0.05) is 59.6 Å². The Morgan fingerprint density at radius 3 is 1.44 bits per heavy atom. The van der Waals surface area contributed by atoms with Crippen LogP contribution in [0, 0.1) is 11.6 Å². The summed E-state index contributed by atoms with van der Waals surface area (Å²) in [6, 6.07) is 33.3. The number of hydrogen-bond donors (Lipinski definition) is 3. The van der Waals surface area contributed by atoms with Gasteiger partial charge in [-0.2, -0.15) is 0 Å². The van der Waals surface area contributed by atoms with Gasteiger partial charge in [-0.3, -0.25) is 4.79 Å². The van der Waals surface area contributed by atoms with Gasteiger partial charge in [0.2, 0.25) is 0 Å². The van der Waals surface area contributed by atoms with Gasteiger partial charge in [-0.15, -0.1) is 0 Å². The average molecular weight is 874 g/mol. The van der Waals surface area contributed by atoms with E-state index in [1.54, 1.807) is 54.6 Å². The zero-order valence-corrected chi connectivity index (χ0v) is 34.7. The molecule has 6 aromatic rings. The Kier molecular flexibility index (Phi) is 17.3. The molecule has 0 saturated heterocycles. The summed E-state index contributed by atoms with van der Waals surface area (Å²) in [5.41, 5.74) is 8.56. The topological polar surface area (TPSA) is 163 Å². The molecule has 61 heavy (non-hydrogen) atoms. The maximum atomic E-state index is 13.4. The third-order valence-corrected chi connectivity index (χ3v) is 8.91. The van der Waals surface area contributed by atoms with E-state index in [0.29, 0.717) is 21.2 Å². The zero-order valence-electron chi connectivity index (χ0n) is 33.2. The molecule has 0 unspecified atom stereocenters. The third kappa shape index (κ3) is 14.2. The molecular formula is C46H40Cl2F2N2O9. The van der Waals surface area contributed by atoms with Crippen molar-refractivity contribution in [2.24, 2.45) is 5.73 Å². The fourth-order valence-electron chi connectivity index (χ4n) is 5.27. The summed E-state index contributed by atoms with van der Waals surface area (Å²) < 4.78 is 46.7. The molecule has 0 aliphatic heterocycles. The summed E-state index contributed by atoms with van der Waals surface area (Å²) in [6.07, 6.45) is 0. The second-order valence-corrected chi connectivity index (χ2v) is 13.8. The minimum atomic E-state index is -1.16. The number of halogens is 4. The highest BCUT2D eigenvalue weighted by Crippen LogP contribution is 2.30. The Labute approximate surface area is 360 Å². The molecule has 0 heterocycles. The highest BCUT2D eigenvalue weighted by atomic mass is 35.5. The van der Waals surface area contributed by atoms with Gasteiger partial charge in [0, 0.05) is 28.2 Å². The number of nitrogens with one attached hydrogen (secondary N) is 1. The summed E-state index contributed by atoms with van der Waals surface area (Å²) in [4.78, 5) is 46.5. The standard InChI is InChI=1S/C23H19ClFNO4.C13H8ClFO3.C10H13NO2/c1-14(15-6-8-16(9-7-15)23(28)29-2)26-22(27)20-12-17(24)10-11-21(20)30-19-5-3-4-18(25)13-19;14-8-4-5-12(11(6-8)13(16)17)18-10-3-1-2-9(15)7-10;1-7(11)8-3-5-9(6-4-8)10(12)13-2/h3-14H,1-2H3,(H,26,27);1-7H,(H,16,17);3-7H,11H2,1-2H3/t14-;;7-/m0.0/s1. The first-order chi connectivity index (χ1) is 29.1. The average Bonchev–Trinajstić information content (AvgIpc) is 3.24. The molecule has 2 atom stereocenters. The predicted molar refractivity (Wildman–Crippen MR) is 227 cm³/mol. The molecule has 4 N–H and O–H groups in total. The van der Waals surface area contributed by atoms with Crippen LogP contribution < -0.4 is 20.5 Å². The molecule has 11 nitrogen and oxygen atoms in total. The van der Waals surface area contributed by atoms with Gasteiger partial charge in [0.25, 0.3) is 5.91 Å². The number of rotatable bonds is 11. The molecule has 0 aromatic heterocycles. The normalized spacial score (nSPS) is 11.2. The van der Waals surface area contributed by atoms with Crippen molar-refractivity contribution in [1.82, 2.24) is 5.32 Å². The molecule has 6 aromatic carbocycles. The van der Waals surface area contributed by atoms with Gasteiger partial charge < -0.3 is 35.1 Å². The number of nitrogens with two attached hydrogens (primary N) is 1. The van der Waals surface area contributed by atoms with E-state index < -0.39 is 29.5 Å². The number of carboxylic acids is 1. The first-order valence-corrected chi connectivity index (χ1v) is 19.0. The maximum Gasteiger partial charge on any atom is 0.339 e. The number of benzene rings is 6. The van der Waals surface area contributed by atoms with Crippen molar-refractivity contribution in [3.05, 3.63) is 189 Å². The Morgan fingerprint density at radius 1 is 0.607 bits per heavy atom. The second kappa shape index (κ2) is 22.5. The fraction of sp³-hybridized carbons (Fsp3) is 0.130. The number of carboxylic acid groups (broad SMARTS) is 1. The molecule has 316 valence electrons. The van der Waals surface area contributed by atoms with Gasteiger partial charge in [-0.05, 0) is 110 Å². The van der Waals surface area contributed by atoms with Crippen molar-refractivity contribution >= 4 is 47.0 Å². The van der Waals surface area contributed by atoms with Gasteiger partial charge in [0.1, 0.15) is 40.2 Å². The molecule has 0 radical (unpaired) electrons. The summed E-state index contributed by atoms with van der Waals surface area (Å²) in [6.45, 7) is 3.70. The SMILES string of the molecule is COC(=O)c1ccc([C@H](C)N)cc1.COC(=O)c1ccc([C@H](C)NC(=O)c2cc(Cl)ccc2Oc2cccc(F)c2)cc1.O=C(O)c1cc(Cl)ccc1Oc1cccc(F)c1. The molecule has 0 spiro atoms. The van der Waals surface area contributed by atoms with Crippen molar-refractivity contribution in [3.63, 3.8) is 0 Å². The predicted octanol–water partition coefficient (Wildman–Crippen LogP) is 11.0. The van der Waals surface area contributed by atoms with Crippen LogP contribution in [-0.2, 0) is 9.47 Å². The van der Waals surface area contributed by atoms with Crippen LogP contribution in [0.15, 0.2) is 133 Å². The minimum absolute atomic E-state index is 0.00769. The number of hydrogen-bond acceptors (Lipinski definition) is 9. The first kappa shape index (κ1) is 46.9.